The molecule has 1 aromatic heterocycles. The maximum atomic E-state index is 8.89. The molecule has 0 saturated heterocycles. The average Bonchev–Trinajstić information content (AvgIpc) is 2.93. The standard InChI is InChI=1S/C17H11ClN2O/c18-14-6-8-15(9-7-14)20-16(10-11-21)12-17(19-20)13-4-2-1-3-5-13/h1-9,12,21H. The molecule has 2 aromatic carbocycles. The van der Waals surface area contributed by atoms with Gasteiger partial charge in [-0.3, -0.25) is 0 Å². The molecule has 0 fully saturated rings. The molecule has 0 spiro atoms. The van der Waals surface area contributed by atoms with Crippen molar-refractivity contribution in [3.63, 3.8) is 0 Å². The van der Waals surface area contributed by atoms with Crippen molar-refractivity contribution >= 4 is 11.6 Å². The minimum Gasteiger partial charge on any atom is -0.462 e. The van der Waals surface area contributed by atoms with E-state index in [1.54, 1.807) is 16.8 Å². The second kappa shape index (κ2) is 5.74. The van der Waals surface area contributed by atoms with Crippen LogP contribution in [0.1, 0.15) is 5.69 Å². The van der Waals surface area contributed by atoms with Gasteiger partial charge >= 0.3 is 0 Å². The fourth-order valence-corrected chi connectivity index (χ4v) is 2.18. The normalized spacial score (nSPS) is 9.95. The van der Waals surface area contributed by atoms with Crippen molar-refractivity contribution in [3.05, 3.63) is 71.4 Å². The molecule has 0 radical (unpaired) electrons. The van der Waals surface area contributed by atoms with Crippen LogP contribution >= 0.6 is 11.6 Å². The largest absolute Gasteiger partial charge is 0.462 e. The molecule has 21 heavy (non-hydrogen) atoms. The Kier molecular flexibility index (Phi) is 3.63. The van der Waals surface area contributed by atoms with Crippen molar-refractivity contribution in [2.24, 2.45) is 0 Å². The molecule has 3 nitrogen and oxygen atoms in total. The molecule has 1 N–H and O–H groups in total. The summed E-state index contributed by atoms with van der Waals surface area (Å²) in [4.78, 5) is 0. The van der Waals surface area contributed by atoms with E-state index in [0.717, 1.165) is 16.9 Å². The summed E-state index contributed by atoms with van der Waals surface area (Å²) in [5, 5.41) is 14.1. The zero-order valence-electron chi connectivity index (χ0n) is 11.0. The van der Waals surface area contributed by atoms with E-state index in [9.17, 15) is 0 Å². The van der Waals surface area contributed by atoms with Gasteiger partial charge in [0.1, 0.15) is 11.8 Å². The summed E-state index contributed by atoms with van der Waals surface area (Å²) < 4.78 is 1.68. The summed E-state index contributed by atoms with van der Waals surface area (Å²) in [5.74, 6) is 2.65. The molecule has 0 saturated carbocycles. The predicted molar refractivity (Wildman–Crippen MR) is 82.8 cm³/mol. The van der Waals surface area contributed by atoms with Crippen molar-refractivity contribution in [3.8, 4) is 29.0 Å². The van der Waals surface area contributed by atoms with Gasteiger partial charge < -0.3 is 5.11 Å². The average molecular weight is 295 g/mol. The van der Waals surface area contributed by atoms with Gasteiger partial charge in [0.25, 0.3) is 0 Å². The number of aliphatic hydroxyl groups is 1. The Hall–Kier alpha value is -2.70. The molecule has 4 heteroatoms. The van der Waals surface area contributed by atoms with Crippen LogP contribution in [0.15, 0.2) is 60.7 Å². The number of nitrogens with zero attached hydrogens (tertiary/aromatic N) is 2. The van der Waals surface area contributed by atoms with Gasteiger partial charge in [-0.2, -0.15) is 5.10 Å². The molecule has 0 atom stereocenters. The highest BCUT2D eigenvalue weighted by Gasteiger charge is 2.09. The van der Waals surface area contributed by atoms with Crippen LogP contribution in [0, 0.1) is 12.0 Å². The molecule has 3 rings (SSSR count). The summed E-state index contributed by atoms with van der Waals surface area (Å²) in [6.45, 7) is 0. The van der Waals surface area contributed by atoms with Crippen molar-refractivity contribution in [2.45, 2.75) is 0 Å². The van der Waals surface area contributed by atoms with Crippen molar-refractivity contribution < 1.29 is 5.11 Å². The first-order chi connectivity index (χ1) is 10.3. The quantitative estimate of drug-likeness (QED) is 0.729. The molecule has 0 unspecified atom stereocenters. The molecule has 1 heterocycles. The number of hydrogen-bond acceptors (Lipinski definition) is 2. The predicted octanol–water partition coefficient (Wildman–Crippen LogP) is 3.87. The van der Waals surface area contributed by atoms with E-state index in [2.05, 4.69) is 11.0 Å². The van der Waals surface area contributed by atoms with E-state index in [-0.39, 0.29) is 0 Å². The van der Waals surface area contributed by atoms with Crippen LogP contribution in [0.5, 0.6) is 0 Å². The SMILES string of the molecule is OC#Cc1cc(-c2ccccc2)nn1-c1ccc(Cl)cc1. The van der Waals surface area contributed by atoms with Gasteiger partial charge in [-0.1, -0.05) is 41.9 Å². The van der Waals surface area contributed by atoms with E-state index in [4.69, 9.17) is 16.7 Å². The molecule has 0 aliphatic heterocycles. The molecule has 3 aromatic rings. The molecule has 0 aliphatic rings. The Balaban J connectivity index is 2.13. The van der Waals surface area contributed by atoms with Crippen LogP contribution < -0.4 is 0 Å². The summed E-state index contributed by atoms with van der Waals surface area (Å²) in [7, 11) is 0. The van der Waals surface area contributed by atoms with Gasteiger partial charge in [0.15, 0.2) is 0 Å². The fourth-order valence-electron chi connectivity index (χ4n) is 2.06. The summed E-state index contributed by atoms with van der Waals surface area (Å²) in [6.07, 6.45) is 1.93. The minimum atomic E-state index is 0.610. The first-order valence-electron chi connectivity index (χ1n) is 6.34. The summed E-state index contributed by atoms with van der Waals surface area (Å²) >= 11 is 5.90. The Morgan fingerprint density at radius 3 is 2.38 bits per heavy atom. The second-order valence-electron chi connectivity index (χ2n) is 4.41. The van der Waals surface area contributed by atoms with Crippen LogP contribution in [0.3, 0.4) is 0 Å². The van der Waals surface area contributed by atoms with Crippen LogP contribution in [-0.2, 0) is 0 Å². The fraction of sp³-hybridized carbons (Fsp3) is 0. The van der Waals surface area contributed by atoms with Crippen LogP contribution in [0.25, 0.3) is 16.9 Å². The topological polar surface area (TPSA) is 38.1 Å². The number of hydrogen-bond donors (Lipinski definition) is 1. The van der Waals surface area contributed by atoms with E-state index in [1.165, 1.54) is 0 Å². The van der Waals surface area contributed by atoms with Gasteiger partial charge in [-0.05, 0) is 30.2 Å². The van der Waals surface area contributed by atoms with Crippen LogP contribution in [-0.4, -0.2) is 14.9 Å². The van der Waals surface area contributed by atoms with E-state index in [0.29, 0.717) is 10.7 Å². The van der Waals surface area contributed by atoms with Crippen LogP contribution in [0.4, 0.5) is 0 Å². The van der Waals surface area contributed by atoms with Crippen molar-refractivity contribution in [1.82, 2.24) is 9.78 Å². The molecular weight excluding hydrogens is 284 g/mol. The Labute approximate surface area is 127 Å². The lowest BCUT2D eigenvalue weighted by molar-refractivity contribution is 0.517. The third-order valence-corrected chi connectivity index (χ3v) is 3.29. The highest BCUT2D eigenvalue weighted by Crippen LogP contribution is 2.22. The number of benzene rings is 2. The lowest BCUT2D eigenvalue weighted by atomic mass is 10.1. The summed E-state index contributed by atoms with van der Waals surface area (Å²) in [6, 6.07) is 18.9. The van der Waals surface area contributed by atoms with Gasteiger partial charge in [-0.25, -0.2) is 4.68 Å². The third kappa shape index (κ3) is 2.76. The van der Waals surface area contributed by atoms with Crippen molar-refractivity contribution in [1.29, 1.82) is 0 Å². The Morgan fingerprint density at radius 2 is 1.71 bits per heavy atom. The lowest BCUT2D eigenvalue weighted by Gasteiger charge is -2.03. The van der Waals surface area contributed by atoms with Gasteiger partial charge in [0.2, 0.25) is 0 Å². The monoisotopic (exact) mass is 294 g/mol. The smallest absolute Gasteiger partial charge is 0.121 e. The van der Waals surface area contributed by atoms with E-state index < -0.39 is 0 Å². The highest BCUT2D eigenvalue weighted by atomic mass is 35.5. The summed E-state index contributed by atoms with van der Waals surface area (Å²) in [5.41, 5.74) is 3.23. The molecule has 102 valence electrons. The maximum absolute atomic E-state index is 8.89. The van der Waals surface area contributed by atoms with Gasteiger partial charge in [0.05, 0.1) is 11.4 Å². The Bertz CT molecular complexity index is 811. The lowest BCUT2D eigenvalue weighted by Crippen LogP contribution is -1.99. The maximum Gasteiger partial charge on any atom is 0.121 e. The number of rotatable bonds is 2. The zero-order chi connectivity index (χ0) is 14.7. The number of halogens is 1. The number of aliphatic hydroxyl groups excluding tert-OH is 1. The van der Waals surface area contributed by atoms with Gasteiger partial charge in [-0.15, -0.1) is 0 Å². The molecular formula is C17H11ClN2O. The van der Waals surface area contributed by atoms with E-state index in [1.807, 2.05) is 54.6 Å². The molecule has 0 bridgehead atoms. The zero-order valence-corrected chi connectivity index (χ0v) is 11.7. The first-order valence-corrected chi connectivity index (χ1v) is 6.72. The highest BCUT2D eigenvalue weighted by molar-refractivity contribution is 6.30. The molecule has 0 amide bonds. The Morgan fingerprint density at radius 1 is 1.00 bits per heavy atom. The minimum absolute atomic E-state index is 0.610. The van der Waals surface area contributed by atoms with Gasteiger partial charge in [0, 0.05) is 16.7 Å². The van der Waals surface area contributed by atoms with Crippen molar-refractivity contribution in [2.75, 3.05) is 0 Å². The first kappa shape index (κ1) is 13.3. The van der Waals surface area contributed by atoms with E-state index >= 15 is 0 Å². The third-order valence-electron chi connectivity index (χ3n) is 3.03. The van der Waals surface area contributed by atoms with Crippen LogP contribution in [0.2, 0.25) is 5.02 Å². The molecule has 0 aliphatic carbocycles. The second-order valence-corrected chi connectivity index (χ2v) is 4.84. The number of aromatic nitrogens is 2.